The van der Waals surface area contributed by atoms with Gasteiger partial charge in [0.05, 0.1) is 30.4 Å². The maximum Gasteiger partial charge on any atom is 0.501 e. The van der Waals surface area contributed by atoms with Gasteiger partial charge in [-0.2, -0.15) is 0 Å². The smallest absolute Gasteiger partial charge is 0.391 e. The molecule has 0 aliphatic heterocycles. The molecular weight excluding hydrogens is 410 g/mol. The van der Waals surface area contributed by atoms with Crippen molar-refractivity contribution < 1.29 is 23.1 Å². The third-order valence-electron chi connectivity index (χ3n) is 5.13. The fourth-order valence-electron chi connectivity index (χ4n) is 3.81. The van der Waals surface area contributed by atoms with Crippen molar-refractivity contribution in [3.63, 3.8) is 0 Å². The molecule has 0 bridgehead atoms. The predicted octanol–water partition coefficient (Wildman–Crippen LogP) is 4.70. The highest BCUT2D eigenvalue weighted by Gasteiger charge is 2.40. The summed E-state index contributed by atoms with van der Waals surface area (Å²) < 4.78 is 23.6. The van der Waals surface area contributed by atoms with Crippen molar-refractivity contribution in [3.05, 3.63) is 54.1 Å². The van der Waals surface area contributed by atoms with Crippen LogP contribution >= 0.6 is 0 Å². The summed E-state index contributed by atoms with van der Waals surface area (Å²) in [5.41, 5.74) is 2.98. The second-order valence-electron chi connectivity index (χ2n) is 7.31. The molecule has 31 heavy (non-hydrogen) atoms. The summed E-state index contributed by atoms with van der Waals surface area (Å²) in [7, 11) is -2.76. The summed E-state index contributed by atoms with van der Waals surface area (Å²) >= 11 is 0. The fourth-order valence-corrected chi connectivity index (χ4v) is 6.50. The summed E-state index contributed by atoms with van der Waals surface area (Å²) in [6, 6.07) is 16.7. The van der Waals surface area contributed by atoms with Crippen LogP contribution in [-0.4, -0.2) is 51.4 Å². The quantitative estimate of drug-likeness (QED) is 0.305. The summed E-state index contributed by atoms with van der Waals surface area (Å²) in [4.78, 5) is 4.75. The molecule has 0 spiro atoms. The normalized spacial score (nSPS) is 13.2. The number of fused-ring (bicyclic) bond motifs is 2. The van der Waals surface area contributed by atoms with E-state index in [9.17, 15) is 5.11 Å². The lowest BCUT2D eigenvalue weighted by Crippen LogP contribution is -2.46. The van der Waals surface area contributed by atoms with Gasteiger partial charge in [0.2, 0.25) is 0 Å². The molecule has 0 saturated carbocycles. The largest absolute Gasteiger partial charge is 0.501 e. The molecule has 6 nitrogen and oxygen atoms in total. The average Bonchev–Trinajstić information content (AvgIpc) is 2.78. The Hall–Kier alpha value is -1.87. The van der Waals surface area contributed by atoms with Crippen LogP contribution in [0.4, 0.5) is 0 Å². The van der Waals surface area contributed by atoms with Gasteiger partial charge in [-0.25, -0.2) is 4.98 Å². The maximum atomic E-state index is 10.5. The Morgan fingerprint density at radius 1 is 0.839 bits per heavy atom. The minimum absolute atomic E-state index is 0.236. The molecule has 1 N–H and O–H groups in total. The highest BCUT2D eigenvalue weighted by Crippen LogP contribution is 2.27. The molecule has 3 aromatic rings. The van der Waals surface area contributed by atoms with E-state index in [1.807, 2.05) is 57.2 Å². The first kappa shape index (κ1) is 23.8. The van der Waals surface area contributed by atoms with Crippen LogP contribution in [0.2, 0.25) is 6.04 Å². The summed E-state index contributed by atoms with van der Waals surface area (Å²) in [6.07, 6.45) is -0.114. The van der Waals surface area contributed by atoms with Gasteiger partial charge in [0.15, 0.2) is 0 Å². The molecule has 168 valence electrons. The molecule has 0 aliphatic rings. The molecule has 1 aromatic heterocycles. The number of pyridine rings is 1. The molecule has 0 fully saturated rings. The van der Waals surface area contributed by atoms with Crippen LogP contribution in [0.15, 0.2) is 48.5 Å². The number of benzene rings is 2. The molecule has 1 atom stereocenters. The lowest BCUT2D eigenvalue weighted by atomic mass is 10.0. The van der Waals surface area contributed by atoms with Crippen LogP contribution < -0.4 is 0 Å². The van der Waals surface area contributed by atoms with E-state index in [2.05, 4.69) is 12.1 Å². The summed E-state index contributed by atoms with van der Waals surface area (Å²) in [6.45, 7) is 8.03. The Morgan fingerprint density at radius 2 is 1.35 bits per heavy atom. The molecule has 0 radical (unpaired) electrons. The van der Waals surface area contributed by atoms with Gasteiger partial charge in [-0.3, -0.25) is 0 Å². The van der Waals surface area contributed by atoms with Crippen molar-refractivity contribution in [2.75, 3.05) is 26.4 Å². The number of rotatable bonds is 13. The van der Waals surface area contributed by atoms with Gasteiger partial charge in [0, 0.05) is 36.6 Å². The highest BCUT2D eigenvalue weighted by molar-refractivity contribution is 6.60. The number of aliphatic hydroxyl groups excluding tert-OH is 1. The van der Waals surface area contributed by atoms with Crippen LogP contribution in [0.3, 0.4) is 0 Å². The molecular formula is C24H33NO5Si. The molecule has 2 aromatic carbocycles. The van der Waals surface area contributed by atoms with E-state index in [1.165, 1.54) is 0 Å². The third kappa shape index (κ3) is 6.09. The number of ether oxygens (including phenoxy) is 1. The van der Waals surface area contributed by atoms with Crippen LogP contribution in [0.5, 0.6) is 0 Å². The van der Waals surface area contributed by atoms with Crippen LogP contribution in [0.25, 0.3) is 21.8 Å². The fraction of sp³-hybridized carbons (Fsp3) is 0.458. The Labute approximate surface area is 185 Å². The predicted molar refractivity (Wildman–Crippen MR) is 125 cm³/mol. The van der Waals surface area contributed by atoms with Gasteiger partial charge in [-0.05, 0) is 44.9 Å². The molecule has 1 heterocycles. The van der Waals surface area contributed by atoms with Crippen LogP contribution in [-0.2, 0) is 24.6 Å². The van der Waals surface area contributed by atoms with E-state index in [4.69, 9.17) is 23.0 Å². The van der Waals surface area contributed by atoms with E-state index in [-0.39, 0.29) is 6.61 Å². The molecule has 0 saturated heterocycles. The van der Waals surface area contributed by atoms with Gasteiger partial charge in [0.25, 0.3) is 0 Å². The van der Waals surface area contributed by atoms with Crippen molar-refractivity contribution in [2.24, 2.45) is 0 Å². The number of hydrogen-bond donors (Lipinski definition) is 1. The number of hydrogen-bond acceptors (Lipinski definition) is 6. The van der Waals surface area contributed by atoms with Gasteiger partial charge < -0.3 is 23.1 Å². The van der Waals surface area contributed by atoms with Crippen LogP contribution in [0.1, 0.15) is 32.8 Å². The minimum Gasteiger partial charge on any atom is -0.391 e. The lowest BCUT2D eigenvalue weighted by Gasteiger charge is -2.29. The van der Waals surface area contributed by atoms with Gasteiger partial charge in [-0.1, -0.05) is 36.4 Å². The van der Waals surface area contributed by atoms with Gasteiger partial charge in [-0.15, -0.1) is 0 Å². The first-order valence-electron chi connectivity index (χ1n) is 11.1. The monoisotopic (exact) mass is 443 g/mol. The summed E-state index contributed by atoms with van der Waals surface area (Å²) in [5.74, 6) is 0. The third-order valence-corrected chi connectivity index (χ3v) is 8.22. The molecule has 1 unspecified atom stereocenters. The van der Waals surface area contributed by atoms with Crippen molar-refractivity contribution in [2.45, 2.75) is 45.9 Å². The number of aliphatic hydroxyl groups is 1. The van der Waals surface area contributed by atoms with Crippen molar-refractivity contribution in [3.8, 4) is 0 Å². The number of aromatic nitrogens is 1. The zero-order valence-corrected chi connectivity index (χ0v) is 19.7. The highest BCUT2D eigenvalue weighted by atomic mass is 28.4. The number of para-hydroxylation sites is 2. The average molecular weight is 444 g/mol. The van der Waals surface area contributed by atoms with Gasteiger partial charge in [0.1, 0.15) is 0 Å². The maximum absolute atomic E-state index is 10.5. The van der Waals surface area contributed by atoms with E-state index < -0.39 is 14.9 Å². The standard InChI is InChI=1S/C24H33NO5Si/c1-4-28-31(29-5-2,30-6-3)16-15-19(26)17-27-18-22-20-11-7-9-13-23(20)25-24-14-10-8-12-21(22)24/h7-14,19,26H,4-6,15-18H2,1-3H3. The first-order valence-corrected chi connectivity index (χ1v) is 13.0. The lowest BCUT2D eigenvalue weighted by molar-refractivity contribution is 0.0207. The second kappa shape index (κ2) is 11.7. The Kier molecular flexibility index (Phi) is 8.95. The SMILES string of the molecule is CCO[Si](CCC(O)COCc1c2ccccc2nc2ccccc12)(OCC)OCC. The van der Waals surface area contributed by atoms with Crippen molar-refractivity contribution in [1.82, 2.24) is 4.98 Å². The minimum atomic E-state index is -2.76. The van der Waals surface area contributed by atoms with Crippen molar-refractivity contribution >= 4 is 30.6 Å². The Bertz CT molecular complexity index is 896. The molecule has 7 heteroatoms. The van der Waals surface area contributed by atoms with Crippen LogP contribution in [0, 0.1) is 0 Å². The van der Waals surface area contributed by atoms with E-state index in [1.54, 1.807) is 0 Å². The first-order chi connectivity index (χ1) is 15.1. The van der Waals surface area contributed by atoms with E-state index >= 15 is 0 Å². The zero-order chi connectivity index (χ0) is 22.1. The molecule has 0 aliphatic carbocycles. The van der Waals surface area contributed by atoms with Gasteiger partial charge >= 0.3 is 8.80 Å². The topological polar surface area (TPSA) is 70.0 Å². The number of nitrogens with zero attached hydrogens (tertiary/aromatic N) is 1. The van der Waals surface area contributed by atoms with Crippen molar-refractivity contribution in [1.29, 1.82) is 0 Å². The van der Waals surface area contributed by atoms with E-state index in [0.717, 1.165) is 27.4 Å². The summed E-state index contributed by atoms with van der Waals surface area (Å²) in [5, 5.41) is 12.7. The van der Waals surface area contributed by atoms with E-state index in [0.29, 0.717) is 38.9 Å². The molecule has 0 amide bonds. The zero-order valence-electron chi connectivity index (χ0n) is 18.7. The molecule has 3 rings (SSSR count). The Balaban J connectivity index is 1.65. The Morgan fingerprint density at radius 3 is 1.87 bits per heavy atom. The second-order valence-corrected chi connectivity index (χ2v) is 10.0.